The fourth-order valence-corrected chi connectivity index (χ4v) is 1.11. The molecular weight excluding hydrogens is 194 g/mol. The minimum atomic E-state index is -0.293. The number of amides is 1. The first-order chi connectivity index (χ1) is 7.25. The molecule has 0 atom stereocenters. The van der Waals surface area contributed by atoms with Gasteiger partial charge in [-0.2, -0.15) is 0 Å². The highest BCUT2D eigenvalue weighted by molar-refractivity contribution is 5.90. The Morgan fingerprint density at radius 2 is 2.07 bits per heavy atom. The van der Waals surface area contributed by atoms with Crippen LogP contribution in [-0.2, 0) is 0 Å². The van der Waals surface area contributed by atoms with Gasteiger partial charge in [0.2, 0.25) is 0 Å². The van der Waals surface area contributed by atoms with E-state index in [1.54, 1.807) is 18.3 Å². The molecule has 0 aliphatic carbocycles. The number of aromatic hydroxyl groups is 1. The van der Waals surface area contributed by atoms with Crippen molar-refractivity contribution in [3.8, 4) is 5.75 Å². The van der Waals surface area contributed by atoms with Crippen molar-refractivity contribution in [3.63, 3.8) is 0 Å². The van der Waals surface area contributed by atoms with E-state index in [1.807, 2.05) is 0 Å². The van der Waals surface area contributed by atoms with E-state index >= 15 is 0 Å². The molecule has 76 valence electrons. The van der Waals surface area contributed by atoms with E-state index < -0.39 is 0 Å². The van der Waals surface area contributed by atoms with Crippen molar-refractivity contribution in [2.75, 3.05) is 5.32 Å². The van der Waals surface area contributed by atoms with Crippen LogP contribution in [0.2, 0.25) is 0 Å². The summed E-state index contributed by atoms with van der Waals surface area (Å²) in [4.78, 5) is 15.3. The lowest BCUT2D eigenvalue weighted by Gasteiger charge is -2.04. The molecule has 0 aliphatic heterocycles. The summed E-state index contributed by atoms with van der Waals surface area (Å²) in [5, 5.41) is 11.7. The molecule has 5 heteroatoms. The number of rotatable bonds is 1. The van der Waals surface area contributed by atoms with Crippen molar-refractivity contribution in [1.29, 1.82) is 0 Å². The van der Waals surface area contributed by atoms with Gasteiger partial charge in [-0.05, 0) is 24.3 Å². The van der Waals surface area contributed by atoms with E-state index in [0.717, 1.165) is 0 Å². The first-order valence-corrected chi connectivity index (χ1v) is 4.34. The van der Waals surface area contributed by atoms with Gasteiger partial charge in [0.25, 0.3) is 0 Å². The zero-order valence-electron chi connectivity index (χ0n) is 7.79. The van der Waals surface area contributed by atoms with E-state index in [9.17, 15) is 4.79 Å². The average molecular weight is 203 g/mol. The predicted molar refractivity (Wildman–Crippen MR) is 54.8 cm³/mol. The highest BCUT2D eigenvalue weighted by Crippen LogP contribution is 2.13. The topological polar surface area (TPSA) is 67.2 Å². The number of hydrogen-bond acceptors (Lipinski definition) is 3. The number of carbonyl (C=O) groups is 1. The molecule has 0 bridgehead atoms. The van der Waals surface area contributed by atoms with Gasteiger partial charge in [0.15, 0.2) is 0 Å². The summed E-state index contributed by atoms with van der Waals surface area (Å²) in [5.74, 6) is 0.163. The van der Waals surface area contributed by atoms with Gasteiger partial charge in [0.1, 0.15) is 12.1 Å². The van der Waals surface area contributed by atoms with E-state index in [2.05, 4.69) is 10.3 Å². The van der Waals surface area contributed by atoms with Crippen molar-refractivity contribution >= 4 is 11.7 Å². The number of carbonyl (C=O) groups excluding carboxylic acids is 1. The quantitative estimate of drug-likeness (QED) is 0.693. The normalized spacial score (nSPS) is 9.87. The van der Waals surface area contributed by atoms with Crippen LogP contribution in [0.3, 0.4) is 0 Å². The molecule has 0 aliphatic rings. The van der Waals surface area contributed by atoms with Crippen molar-refractivity contribution < 1.29 is 9.90 Å². The summed E-state index contributed by atoms with van der Waals surface area (Å²) in [5.41, 5.74) is 0.617. The van der Waals surface area contributed by atoms with Crippen LogP contribution in [0, 0.1) is 0 Å². The molecule has 0 fully saturated rings. The molecule has 0 radical (unpaired) electrons. The molecule has 0 saturated carbocycles. The Hall–Kier alpha value is -2.30. The van der Waals surface area contributed by atoms with E-state index in [0.29, 0.717) is 5.69 Å². The second-order valence-corrected chi connectivity index (χ2v) is 2.95. The van der Waals surface area contributed by atoms with E-state index in [1.165, 1.54) is 29.2 Å². The van der Waals surface area contributed by atoms with E-state index in [-0.39, 0.29) is 11.8 Å². The monoisotopic (exact) mass is 203 g/mol. The Labute approximate surface area is 86.0 Å². The Kier molecular flexibility index (Phi) is 2.37. The number of benzene rings is 1. The molecule has 1 aromatic carbocycles. The number of hydrogen-bond donors (Lipinski definition) is 2. The summed E-state index contributed by atoms with van der Waals surface area (Å²) in [6.07, 6.45) is 4.49. The van der Waals surface area contributed by atoms with Gasteiger partial charge in [-0.1, -0.05) is 0 Å². The van der Waals surface area contributed by atoms with Crippen molar-refractivity contribution in [2.24, 2.45) is 0 Å². The highest BCUT2D eigenvalue weighted by Gasteiger charge is 2.03. The number of nitrogens with one attached hydrogen (secondary N) is 1. The Bertz CT molecular complexity index is 448. The minimum Gasteiger partial charge on any atom is -0.508 e. The molecule has 2 aromatic rings. The van der Waals surface area contributed by atoms with Crippen LogP contribution in [0.25, 0.3) is 0 Å². The van der Waals surface area contributed by atoms with Crippen LogP contribution in [0.4, 0.5) is 10.5 Å². The van der Waals surface area contributed by atoms with Gasteiger partial charge in [0.05, 0.1) is 0 Å². The fraction of sp³-hybridized carbons (Fsp3) is 0. The SMILES string of the molecule is O=C(Nc1ccc(O)cc1)n1ccnc1. The lowest BCUT2D eigenvalue weighted by Crippen LogP contribution is -2.17. The molecule has 1 aromatic heterocycles. The van der Waals surface area contributed by atoms with Gasteiger partial charge < -0.3 is 10.4 Å². The molecule has 15 heavy (non-hydrogen) atoms. The molecule has 1 amide bonds. The molecule has 2 N–H and O–H groups in total. The molecule has 1 heterocycles. The smallest absolute Gasteiger partial charge is 0.331 e. The second kappa shape index (κ2) is 3.83. The number of nitrogens with zero attached hydrogens (tertiary/aromatic N) is 2. The van der Waals surface area contributed by atoms with Gasteiger partial charge in [0, 0.05) is 18.1 Å². The van der Waals surface area contributed by atoms with Gasteiger partial charge in [-0.3, -0.25) is 4.57 Å². The summed E-state index contributed by atoms with van der Waals surface area (Å²) < 4.78 is 1.33. The van der Waals surface area contributed by atoms with Crippen LogP contribution >= 0.6 is 0 Å². The standard InChI is InChI=1S/C10H9N3O2/c14-9-3-1-8(2-4-9)12-10(15)13-6-5-11-7-13/h1-7,14H,(H,12,15). The third-order valence-corrected chi connectivity index (χ3v) is 1.86. The summed E-state index contributed by atoms with van der Waals surface area (Å²) in [6, 6.07) is 5.94. The Morgan fingerprint density at radius 1 is 1.33 bits per heavy atom. The molecular formula is C10H9N3O2. The lowest BCUT2D eigenvalue weighted by atomic mass is 10.3. The zero-order chi connectivity index (χ0) is 10.7. The second-order valence-electron chi connectivity index (χ2n) is 2.95. The van der Waals surface area contributed by atoms with Crippen LogP contribution in [0.15, 0.2) is 43.0 Å². The third kappa shape index (κ3) is 2.14. The third-order valence-electron chi connectivity index (χ3n) is 1.86. The van der Waals surface area contributed by atoms with Crippen LogP contribution < -0.4 is 5.32 Å². The summed E-state index contributed by atoms with van der Waals surface area (Å²) in [7, 11) is 0. The molecule has 5 nitrogen and oxygen atoms in total. The van der Waals surface area contributed by atoms with Gasteiger partial charge in [-0.15, -0.1) is 0 Å². The van der Waals surface area contributed by atoms with Crippen LogP contribution in [0.5, 0.6) is 5.75 Å². The largest absolute Gasteiger partial charge is 0.508 e. The Balaban J connectivity index is 2.09. The summed E-state index contributed by atoms with van der Waals surface area (Å²) in [6.45, 7) is 0. The van der Waals surface area contributed by atoms with Crippen molar-refractivity contribution in [1.82, 2.24) is 9.55 Å². The van der Waals surface area contributed by atoms with E-state index in [4.69, 9.17) is 5.11 Å². The predicted octanol–water partition coefficient (Wildman–Crippen LogP) is 1.67. The molecule has 0 saturated heterocycles. The maximum Gasteiger partial charge on any atom is 0.331 e. The van der Waals surface area contributed by atoms with Crippen LogP contribution in [-0.4, -0.2) is 20.7 Å². The lowest BCUT2D eigenvalue weighted by molar-refractivity contribution is 0.253. The van der Waals surface area contributed by atoms with Crippen molar-refractivity contribution in [3.05, 3.63) is 43.0 Å². The number of anilines is 1. The fourth-order valence-electron chi connectivity index (χ4n) is 1.11. The maximum absolute atomic E-state index is 11.5. The molecule has 0 spiro atoms. The van der Waals surface area contributed by atoms with Crippen LogP contribution in [0.1, 0.15) is 0 Å². The first kappa shape index (κ1) is 9.26. The summed E-state index contributed by atoms with van der Waals surface area (Å²) >= 11 is 0. The number of aromatic nitrogens is 2. The van der Waals surface area contributed by atoms with Crippen molar-refractivity contribution in [2.45, 2.75) is 0 Å². The number of imidazole rings is 1. The highest BCUT2D eigenvalue weighted by atomic mass is 16.3. The van der Waals surface area contributed by atoms with Gasteiger partial charge in [-0.25, -0.2) is 9.78 Å². The number of phenols is 1. The first-order valence-electron chi connectivity index (χ1n) is 4.34. The Morgan fingerprint density at radius 3 is 2.67 bits per heavy atom. The molecule has 2 rings (SSSR count). The zero-order valence-corrected chi connectivity index (χ0v) is 7.79. The average Bonchev–Trinajstić information content (AvgIpc) is 2.74. The number of phenolic OH excluding ortho intramolecular Hbond substituents is 1. The minimum absolute atomic E-state index is 0.163. The van der Waals surface area contributed by atoms with Gasteiger partial charge >= 0.3 is 6.03 Å². The maximum atomic E-state index is 11.5. The molecule has 0 unspecified atom stereocenters.